The van der Waals surface area contributed by atoms with Crippen molar-refractivity contribution in [2.45, 2.75) is 33.6 Å². The number of benzene rings is 1. The van der Waals surface area contributed by atoms with Gasteiger partial charge in [0.15, 0.2) is 0 Å². The molecule has 0 radical (unpaired) electrons. The molecular formula is C17H21NO2. The second kappa shape index (κ2) is 6.04. The molecule has 2 atom stereocenters. The quantitative estimate of drug-likeness (QED) is 0.651. The minimum atomic E-state index is -0.926. The van der Waals surface area contributed by atoms with E-state index in [0.717, 1.165) is 18.6 Å². The Morgan fingerprint density at radius 1 is 1.35 bits per heavy atom. The zero-order valence-electron chi connectivity index (χ0n) is 12.3. The van der Waals surface area contributed by atoms with Crippen LogP contribution in [0.1, 0.15) is 44.0 Å². The molecule has 20 heavy (non-hydrogen) atoms. The fourth-order valence-electron chi connectivity index (χ4n) is 2.89. The molecule has 0 fully saturated rings. The topological polar surface area (TPSA) is 49.7 Å². The van der Waals surface area contributed by atoms with E-state index in [0.29, 0.717) is 17.5 Å². The highest BCUT2D eigenvalue weighted by molar-refractivity contribution is 5.96. The molecule has 2 unspecified atom stereocenters. The van der Waals surface area contributed by atoms with Gasteiger partial charge in [0.25, 0.3) is 0 Å². The molecule has 0 saturated carbocycles. The average molecular weight is 271 g/mol. The molecule has 0 heterocycles. The molecule has 0 aliphatic heterocycles. The van der Waals surface area contributed by atoms with Gasteiger partial charge in [0, 0.05) is 11.6 Å². The lowest BCUT2D eigenvalue weighted by Crippen LogP contribution is -2.18. The van der Waals surface area contributed by atoms with Gasteiger partial charge in [0.2, 0.25) is 0 Å². The van der Waals surface area contributed by atoms with Crippen LogP contribution in [0.2, 0.25) is 0 Å². The second-order valence-electron chi connectivity index (χ2n) is 5.70. The number of allylic oxidation sites excluding steroid dienone is 2. The molecule has 1 aromatic carbocycles. The van der Waals surface area contributed by atoms with E-state index < -0.39 is 5.97 Å². The molecule has 2 rings (SSSR count). The summed E-state index contributed by atoms with van der Waals surface area (Å²) in [6.07, 6.45) is 4.42. The van der Waals surface area contributed by atoms with E-state index in [1.54, 1.807) is 18.2 Å². The SMILES string of the molecule is CC1=CC(C)CC(C(C)=Nc2ccccc2C(=O)O)C1. The first-order valence-electron chi connectivity index (χ1n) is 7.02. The second-order valence-corrected chi connectivity index (χ2v) is 5.70. The lowest BCUT2D eigenvalue weighted by molar-refractivity contribution is 0.0698. The lowest BCUT2D eigenvalue weighted by Gasteiger charge is -2.25. The van der Waals surface area contributed by atoms with Gasteiger partial charge in [-0.05, 0) is 44.7 Å². The van der Waals surface area contributed by atoms with E-state index in [2.05, 4.69) is 24.9 Å². The minimum absolute atomic E-state index is 0.267. The Labute approximate surface area is 120 Å². The number of carboxylic acid groups (broad SMARTS) is 1. The van der Waals surface area contributed by atoms with Gasteiger partial charge >= 0.3 is 5.97 Å². The van der Waals surface area contributed by atoms with Crippen molar-refractivity contribution < 1.29 is 9.90 Å². The van der Waals surface area contributed by atoms with E-state index in [1.807, 2.05) is 13.0 Å². The maximum Gasteiger partial charge on any atom is 0.337 e. The van der Waals surface area contributed by atoms with Gasteiger partial charge in [-0.3, -0.25) is 4.99 Å². The van der Waals surface area contributed by atoms with Gasteiger partial charge in [0.05, 0.1) is 11.3 Å². The summed E-state index contributed by atoms with van der Waals surface area (Å²) in [5.74, 6) is 0.0516. The van der Waals surface area contributed by atoms with Gasteiger partial charge in [-0.15, -0.1) is 0 Å². The van der Waals surface area contributed by atoms with Crippen molar-refractivity contribution >= 4 is 17.4 Å². The van der Waals surface area contributed by atoms with Crippen LogP contribution in [-0.4, -0.2) is 16.8 Å². The molecule has 0 amide bonds. The molecule has 1 aromatic rings. The number of aromatic carboxylic acids is 1. The van der Waals surface area contributed by atoms with E-state index >= 15 is 0 Å². The van der Waals surface area contributed by atoms with Crippen molar-refractivity contribution in [3.63, 3.8) is 0 Å². The van der Waals surface area contributed by atoms with Crippen molar-refractivity contribution in [3.05, 3.63) is 41.5 Å². The van der Waals surface area contributed by atoms with Gasteiger partial charge in [-0.1, -0.05) is 30.7 Å². The summed E-state index contributed by atoms with van der Waals surface area (Å²) < 4.78 is 0. The maximum absolute atomic E-state index is 11.2. The predicted octanol–water partition coefficient (Wildman–Crippen LogP) is 4.47. The van der Waals surface area contributed by atoms with Crippen LogP contribution in [0.25, 0.3) is 0 Å². The number of hydrogen-bond acceptors (Lipinski definition) is 2. The fraction of sp³-hybridized carbons (Fsp3) is 0.412. The third-order valence-corrected chi connectivity index (χ3v) is 3.82. The van der Waals surface area contributed by atoms with Crippen molar-refractivity contribution in [1.82, 2.24) is 0 Å². The first-order chi connectivity index (χ1) is 9.47. The highest BCUT2D eigenvalue weighted by Gasteiger charge is 2.21. The van der Waals surface area contributed by atoms with Crippen LogP contribution in [0.3, 0.4) is 0 Å². The molecule has 0 saturated heterocycles. The third-order valence-electron chi connectivity index (χ3n) is 3.82. The number of aliphatic imine (C=N–C) groups is 1. The molecule has 3 heteroatoms. The number of carboxylic acids is 1. The largest absolute Gasteiger partial charge is 0.478 e. The summed E-state index contributed by atoms with van der Waals surface area (Å²) >= 11 is 0. The van der Waals surface area contributed by atoms with Crippen LogP contribution < -0.4 is 0 Å². The van der Waals surface area contributed by atoms with Gasteiger partial charge in [-0.25, -0.2) is 4.79 Å². The summed E-state index contributed by atoms with van der Waals surface area (Å²) in [5, 5.41) is 9.19. The Morgan fingerprint density at radius 3 is 2.70 bits per heavy atom. The Bertz CT molecular complexity index is 572. The van der Waals surface area contributed by atoms with Gasteiger partial charge < -0.3 is 5.11 Å². The van der Waals surface area contributed by atoms with Crippen LogP contribution in [0.15, 0.2) is 40.9 Å². The highest BCUT2D eigenvalue weighted by Crippen LogP contribution is 2.30. The molecule has 106 valence electrons. The highest BCUT2D eigenvalue weighted by atomic mass is 16.4. The Kier molecular flexibility index (Phi) is 4.38. The standard InChI is InChI=1S/C17H21NO2/c1-11-8-12(2)10-14(9-11)13(3)18-16-7-5-4-6-15(16)17(19)20/h4-8,11,14H,9-10H2,1-3H3,(H,19,20). The van der Waals surface area contributed by atoms with Gasteiger partial charge in [0.1, 0.15) is 0 Å². The molecule has 0 aromatic heterocycles. The fourth-order valence-corrected chi connectivity index (χ4v) is 2.89. The molecule has 0 bridgehead atoms. The van der Waals surface area contributed by atoms with Crippen molar-refractivity contribution in [1.29, 1.82) is 0 Å². The summed E-state index contributed by atoms with van der Waals surface area (Å²) in [7, 11) is 0. The normalized spacial score (nSPS) is 23.4. The predicted molar refractivity (Wildman–Crippen MR) is 81.8 cm³/mol. The number of nitrogens with zero attached hydrogens (tertiary/aromatic N) is 1. The summed E-state index contributed by atoms with van der Waals surface area (Å²) in [4.78, 5) is 15.8. The van der Waals surface area contributed by atoms with Crippen LogP contribution in [-0.2, 0) is 0 Å². The number of carbonyl (C=O) groups is 1. The molecular weight excluding hydrogens is 250 g/mol. The van der Waals surface area contributed by atoms with E-state index in [9.17, 15) is 9.90 Å². The van der Waals surface area contributed by atoms with Gasteiger partial charge in [-0.2, -0.15) is 0 Å². The maximum atomic E-state index is 11.2. The average Bonchev–Trinajstić information content (AvgIpc) is 2.37. The van der Waals surface area contributed by atoms with Crippen molar-refractivity contribution in [2.24, 2.45) is 16.8 Å². The minimum Gasteiger partial charge on any atom is -0.478 e. The van der Waals surface area contributed by atoms with E-state index in [-0.39, 0.29) is 5.56 Å². The molecule has 0 spiro atoms. The zero-order chi connectivity index (χ0) is 14.7. The zero-order valence-corrected chi connectivity index (χ0v) is 12.3. The number of rotatable bonds is 3. The van der Waals surface area contributed by atoms with E-state index in [1.165, 1.54) is 5.57 Å². The Balaban J connectivity index is 2.27. The Hall–Kier alpha value is -1.90. The monoisotopic (exact) mass is 271 g/mol. The van der Waals surface area contributed by atoms with Crippen molar-refractivity contribution in [3.8, 4) is 0 Å². The Morgan fingerprint density at radius 2 is 2.05 bits per heavy atom. The summed E-state index contributed by atoms with van der Waals surface area (Å²) in [5.41, 5.74) is 3.24. The smallest absolute Gasteiger partial charge is 0.337 e. The lowest BCUT2D eigenvalue weighted by atomic mass is 9.81. The number of hydrogen-bond donors (Lipinski definition) is 1. The first kappa shape index (κ1) is 14.5. The molecule has 3 nitrogen and oxygen atoms in total. The molecule has 1 N–H and O–H groups in total. The van der Waals surface area contributed by atoms with Crippen LogP contribution in [0.4, 0.5) is 5.69 Å². The first-order valence-corrected chi connectivity index (χ1v) is 7.02. The number of para-hydroxylation sites is 1. The third kappa shape index (κ3) is 3.35. The van der Waals surface area contributed by atoms with Crippen LogP contribution >= 0.6 is 0 Å². The van der Waals surface area contributed by atoms with Crippen LogP contribution in [0, 0.1) is 11.8 Å². The molecule has 1 aliphatic rings. The van der Waals surface area contributed by atoms with Crippen molar-refractivity contribution in [2.75, 3.05) is 0 Å². The van der Waals surface area contributed by atoms with Crippen LogP contribution in [0.5, 0.6) is 0 Å². The molecule has 1 aliphatic carbocycles. The van der Waals surface area contributed by atoms with E-state index in [4.69, 9.17) is 0 Å². The summed E-state index contributed by atoms with van der Waals surface area (Å²) in [6, 6.07) is 6.92. The summed E-state index contributed by atoms with van der Waals surface area (Å²) in [6.45, 7) is 6.38.